The Labute approximate surface area is 137 Å². The number of nitrogens with one attached hydrogen (secondary N) is 2. The molecule has 0 bridgehead atoms. The second-order valence-electron chi connectivity index (χ2n) is 6.82. The highest BCUT2D eigenvalue weighted by atomic mass is 16.2. The highest BCUT2D eigenvalue weighted by molar-refractivity contribution is 6.04. The third-order valence-corrected chi connectivity index (χ3v) is 5.30. The van der Waals surface area contributed by atoms with Gasteiger partial charge >= 0.3 is 0 Å². The van der Waals surface area contributed by atoms with Gasteiger partial charge in [0.25, 0.3) is 5.91 Å². The van der Waals surface area contributed by atoms with Gasteiger partial charge in [-0.25, -0.2) is 0 Å². The molecule has 2 fully saturated rings. The molecule has 5 nitrogen and oxygen atoms in total. The largest absolute Gasteiger partial charge is 0.326 e. The molecule has 2 amide bonds. The predicted octanol–water partition coefficient (Wildman–Crippen LogP) is -1.57. The molecule has 0 spiro atoms. The normalized spacial score (nSPS) is 28.4. The van der Waals surface area contributed by atoms with Gasteiger partial charge in [-0.05, 0) is 19.4 Å². The zero-order valence-corrected chi connectivity index (χ0v) is 14.1. The van der Waals surface area contributed by atoms with Crippen LogP contribution in [0, 0.1) is 6.92 Å². The van der Waals surface area contributed by atoms with Gasteiger partial charge in [-0.1, -0.05) is 29.8 Å². The van der Waals surface area contributed by atoms with Crippen molar-refractivity contribution in [3.8, 4) is 0 Å². The molecule has 0 aliphatic carbocycles. The minimum atomic E-state index is -0.161. The SMILES string of the molecule is CC[NH+]1CC[NH+]([C@H]2CC(=O)N(Cc3ccc(C)cc3)C2=O)CC1. The summed E-state index contributed by atoms with van der Waals surface area (Å²) in [4.78, 5) is 29.4. The van der Waals surface area contributed by atoms with E-state index >= 15 is 0 Å². The van der Waals surface area contributed by atoms with Crippen LogP contribution < -0.4 is 9.80 Å². The highest BCUT2D eigenvalue weighted by Crippen LogP contribution is 2.15. The van der Waals surface area contributed by atoms with Gasteiger partial charge in [0.1, 0.15) is 26.2 Å². The van der Waals surface area contributed by atoms with E-state index in [-0.39, 0.29) is 17.9 Å². The first-order valence-electron chi connectivity index (χ1n) is 8.66. The number of piperazine rings is 1. The van der Waals surface area contributed by atoms with E-state index in [1.165, 1.54) is 15.4 Å². The molecule has 1 atom stereocenters. The maximum absolute atomic E-state index is 12.7. The summed E-state index contributed by atoms with van der Waals surface area (Å²) in [5, 5.41) is 0. The molecule has 5 heteroatoms. The maximum Gasteiger partial charge on any atom is 0.288 e. The van der Waals surface area contributed by atoms with Gasteiger partial charge < -0.3 is 9.80 Å². The fourth-order valence-corrected chi connectivity index (χ4v) is 3.67. The van der Waals surface area contributed by atoms with Crippen LogP contribution in [0.3, 0.4) is 0 Å². The van der Waals surface area contributed by atoms with E-state index in [4.69, 9.17) is 0 Å². The average molecular weight is 317 g/mol. The van der Waals surface area contributed by atoms with Gasteiger partial charge in [0, 0.05) is 0 Å². The molecule has 0 unspecified atom stereocenters. The van der Waals surface area contributed by atoms with E-state index in [0.717, 1.165) is 38.3 Å². The van der Waals surface area contributed by atoms with Crippen LogP contribution in [-0.4, -0.2) is 55.5 Å². The summed E-state index contributed by atoms with van der Waals surface area (Å²) >= 11 is 0. The topological polar surface area (TPSA) is 46.3 Å². The molecule has 2 saturated heterocycles. The van der Waals surface area contributed by atoms with Gasteiger partial charge in [-0.3, -0.25) is 14.5 Å². The summed E-state index contributed by atoms with van der Waals surface area (Å²) < 4.78 is 0. The number of amides is 2. The first-order chi connectivity index (χ1) is 11.1. The third kappa shape index (κ3) is 3.46. The molecule has 23 heavy (non-hydrogen) atoms. The second kappa shape index (κ2) is 6.81. The predicted molar refractivity (Wildman–Crippen MR) is 87.1 cm³/mol. The number of likely N-dealkylation sites (N-methyl/N-ethyl adjacent to an activating group) is 1. The summed E-state index contributed by atoms with van der Waals surface area (Å²) in [5.74, 6) is 0.00358. The lowest BCUT2D eigenvalue weighted by Gasteiger charge is -2.31. The molecule has 3 rings (SSSR count). The molecular formula is C18H27N3O2+2. The van der Waals surface area contributed by atoms with Crippen LogP contribution in [0.2, 0.25) is 0 Å². The van der Waals surface area contributed by atoms with E-state index in [0.29, 0.717) is 13.0 Å². The van der Waals surface area contributed by atoms with Gasteiger partial charge in [0.05, 0.1) is 19.5 Å². The first kappa shape index (κ1) is 16.1. The first-order valence-corrected chi connectivity index (χ1v) is 8.66. The lowest BCUT2D eigenvalue weighted by atomic mass is 10.1. The van der Waals surface area contributed by atoms with Crippen molar-refractivity contribution in [1.29, 1.82) is 0 Å². The van der Waals surface area contributed by atoms with Gasteiger partial charge in [0.15, 0.2) is 6.04 Å². The van der Waals surface area contributed by atoms with Gasteiger partial charge in [0.2, 0.25) is 5.91 Å². The zero-order valence-electron chi connectivity index (χ0n) is 14.1. The standard InChI is InChI=1S/C18H25N3O2/c1-3-19-8-10-20(11-9-19)16-12-17(22)21(18(16)23)13-15-6-4-14(2)5-7-15/h4-7,16H,3,8-13H2,1-2H3/p+2/t16-/m0/s1. The van der Waals surface area contributed by atoms with Crippen LogP contribution in [0.5, 0.6) is 0 Å². The van der Waals surface area contributed by atoms with Gasteiger partial charge in [-0.15, -0.1) is 0 Å². The van der Waals surface area contributed by atoms with E-state index in [1.54, 1.807) is 4.90 Å². The summed E-state index contributed by atoms with van der Waals surface area (Å²) in [6.45, 7) is 9.97. The number of rotatable bonds is 4. The van der Waals surface area contributed by atoms with E-state index in [1.807, 2.05) is 31.2 Å². The van der Waals surface area contributed by atoms with E-state index in [9.17, 15) is 9.59 Å². The quantitative estimate of drug-likeness (QED) is 0.659. The molecular weight excluding hydrogens is 290 g/mol. The Kier molecular flexibility index (Phi) is 4.78. The van der Waals surface area contributed by atoms with Gasteiger partial charge in [-0.2, -0.15) is 0 Å². The lowest BCUT2D eigenvalue weighted by molar-refractivity contribution is -1.02. The van der Waals surface area contributed by atoms with E-state index < -0.39 is 0 Å². The number of imide groups is 1. The number of benzene rings is 1. The zero-order chi connectivity index (χ0) is 16.4. The van der Waals surface area contributed by atoms with E-state index in [2.05, 4.69) is 6.92 Å². The molecule has 2 aliphatic rings. The minimum Gasteiger partial charge on any atom is -0.326 e. The van der Waals surface area contributed by atoms with Crippen LogP contribution in [0.25, 0.3) is 0 Å². The van der Waals surface area contributed by atoms with Crippen molar-refractivity contribution >= 4 is 11.8 Å². The van der Waals surface area contributed by atoms with Crippen LogP contribution in [0.4, 0.5) is 0 Å². The number of carbonyl (C=O) groups excluding carboxylic acids is 2. The fraction of sp³-hybridized carbons (Fsp3) is 0.556. The number of quaternary nitrogens is 2. The number of nitrogens with zero attached hydrogens (tertiary/aromatic N) is 1. The molecule has 2 aliphatic heterocycles. The van der Waals surface area contributed by atoms with Crippen molar-refractivity contribution < 1.29 is 19.4 Å². The second-order valence-corrected chi connectivity index (χ2v) is 6.82. The Hall–Kier alpha value is -1.72. The monoisotopic (exact) mass is 317 g/mol. The fourth-order valence-electron chi connectivity index (χ4n) is 3.67. The minimum absolute atomic E-state index is 0.0154. The summed E-state index contributed by atoms with van der Waals surface area (Å²) in [5.41, 5.74) is 2.21. The lowest BCUT2D eigenvalue weighted by Crippen LogP contribution is -3.29. The summed E-state index contributed by atoms with van der Waals surface area (Å²) in [7, 11) is 0. The molecule has 2 N–H and O–H groups in total. The number of carbonyl (C=O) groups is 2. The Morgan fingerprint density at radius 1 is 1.09 bits per heavy atom. The Balaban J connectivity index is 1.64. The number of likely N-dealkylation sites (tertiary alicyclic amines) is 1. The number of hydrogen-bond donors (Lipinski definition) is 2. The van der Waals surface area contributed by atoms with Crippen molar-refractivity contribution in [3.05, 3.63) is 35.4 Å². The van der Waals surface area contributed by atoms with Crippen molar-refractivity contribution in [1.82, 2.24) is 4.90 Å². The maximum atomic E-state index is 12.7. The summed E-state index contributed by atoms with van der Waals surface area (Å²) in [6, 6.07) is 7.89. The highest BCUT2D eigenvalue weighted by Gasteiger charge is 2.46. The van der Waals surface area contributed by atoms with Crippen LogP contribution >= 0.6 is 0 Å². The average Bonchev–Trinajstić information content (AvgIpc) is 2.85. The Morgan fingerprint density at radius 3 is 2.35 bits per heavy atom. The molecule has 1 aromatic carbocycles. The van der Waals surface area contributed by atoms with Crippen molar-refractivity contribution in [2.75, 3.05) is 32.7 Å². The molecule has 2 heterocycles. The Morgan fingerprint density at radius 2 is 1.74 bits per heavy atom. The van der Waals surface area contributed by atoms with Crippen molar-refractivity contribution in [3.63, 3.8) is 0 Å². The molecule has 0 radical (unpaired) electrons. The van der Waals surface area contributed by atoms with Crippen LogP contribution in [0.15, 0.2) is 24.3 Å². The third-order valence-electron chi connectivity index (χ3n) is 5.30. The van der Waals surface area contributed by atoms with Crippen LogP contribution in [-0.2, 0) is 16.1 Å². The van der Waals surface area contributed by atoms with Crippen molar-refractivity contribution in [2.45, 2.75) is 32.9 Å². The smallest absolute Gasteiger partial charge is 0.288 e. The Bertz CT molecular complexity index is 576. The van der Waals surface area contributed by atoms with Crippen LogP contribution in [0.1, 0.15) is 24.5 Å². The van der Waals surface area contributed by atoms with Crippen molar-refractivity contribution in [2.24, 2.45) is 0 Å². The number of aryl methyl sites for hydroxylation is 1. The molecule has 0 saturated carbocycles. The molecule has 1 aromatic rings. The molecule has 124 valence electrons. The molecule has 0 aromatic heterocycles. The summed E-state index contributed by atoms with van der Waals surface area (Å²) in [6.07, 6.45) is 0.376. The number of hydrogen-bond acceptors (Lipinski definition) is 2.